The number of carbonyl (C=O) groups is 1. The summed E-state index contributed by atoms with van der Waals surface area (Å²) in [7, 11) is 1.88. The molecular weight excluding hydrogens is 336 g/mol. The fourth-order valence-corrected chi connectivity index (χ4v) is 4.62. The third kappa shape index (κ3) is 2.88. The largest absolute Gasteiger partial charge is 0.334 e. The van der Waals surface area contributed by atoms with Crippen LogP contribution in [0.4, 0.5) is 10.7 Å². The molecule has 0 saturated heterocycles. The molecule has 1 saturated carbocycles. The van der Waals surface area contributed by atoms with Gasteiger partial charge < -0.3 is 9.80 Å². The Labute approximate surface area is 153 Å². The molecule has 1 fully saturated rings. The summed E-state index contributed by atoms with van der Waals surface area (Å²) in [5, 5.41) is 0. The Bertz CT molecular complexity index is 768. The first-order valence-electron chi connectivity index (χ1n) is 9.28. The Balaban J connectivity index is 1.88. The highest BCUT2D eigenvalue weighted by Crippen LogP contribution is 2.34. The molecule has 1 atom stereocenters. The second kappa shape index (κ2) is 6.87. The highest BCUT2D eigenvalue weighted by molar-refractivity contribution is 6.17. The first kappa shape index (κ1) is 16.7. The summed E-state index contributed by atoms with van der Waals surface area (Å²) < 4.78 is 1.80. The Morgan fingerprint density at radius 3 is 2.72 bits per heavy atom. The van der Waals surface area contributed by atoms with E-state index in [1.54, 1.807) is 4.57 Å². The van der Waals surface area contributed by atoms with E-state index in [2.05, 4.69) is 4.90 Å². The van der Waals surface area contributed by atoms with Gasteiger partial charge in [0.05, 0.1) is 17.1 Å². The third-order valence-electron chi connectivity index (χ3n) is 5.58. The molecule has 1 unspecified atom stereocenters. The summed E-state index contributed by atoms with van der Waals surface area (Å²) in [6, 6.07) is 8.57. The molecule has 134 valence electrons. The van der Waals surface area contributed by atoms with E-state index in [9.17, 15) is 4.79 Å². The smallest absolute Gasteiger partial charge is 0.331 e. The van der Waals surface area contributed by atoms with Crippen LogP contribution in [-0.2, 0) is 0 Å². The summed E-state index contributed by atoms with van der Waals surface area (Å²) >= 11 is 6.12. The number of hydrogen-bond donors (Lipinski definition) is 0. The predicted molar refractivity (Wildman–Crippen MR) is 102 cm³/mol. The summed E-state index contributed by atoms with van der Waals surface area (Å²) in [6.07, 6.45) is 7.00. The van der Waals surface area contributed by atoms with Gasteiger partial charge in [0.25, 0.3) is 0 Å². The van der Waals surface area contributed by atoms with Crippen LogP contribution in [0.15, 0.2) is 24.3 Å². The Kier molecular flexibility index (Phi) is 4.59. The van der Waals surface area contributed by atoms with Crippen LogP contribution >= 0.6 is 11.6 Å². The second-order valence-corrected chi connectivity index (χ2v) is 7.61. The van der Waals surface area contributed by atoms with E-state index in [0.717, 1.165) is 23.4 Å². The lowest BCUT2D eigenvalue weighted by atomic mass is 9.93. The van der Waals surface area contributed by atoms with Crippen molar-refractivity contribution in [1.29, 1.82) is 0 Å². The van der Waals surface area contributed by atoms with E-state index in [4.69, 9.17) is 16.6 Å². The summed E-state index contributed by atoms with van der Waals surface area (Å²) in [5.74, 6) is 1.40. The molecule has 2 heterocycles. The number of hydrogen-bond acceptors (Lipinski definition) is 3. The minimum Gasteiger partial charge on any atom is -0.334 e. The van der Waals surface area contributed by atoms with Crippen molar-refractivity contribution in [2.45, 2.75) is 50.6 Å². The van der Waals surface area contributed by atoms with Gasteiger partial charge >= 0.3 is 6.03 Å². The number of rotatable bonds is 3. The minimum atomic E-state index is 0.00146. The van der Waals surface area contributed by atoms with E-state index in [1.807, 2.05) is 36.2 Å². The van der Waals surface area contributed by atoms with Crippen molar-refractivity contribution >= 4 is 34.6 Å². The zero-order valence-corrected chi connectivity index (χ0v) is 15.5. The van der Waals surface area contributed by atoms with Gasteiger partial charge in [-0.15, -0.1) is 11.6 Å². The first-order chi connectivity index (χ1) is 12.2. The van der Waals surface area contributed by atoms with Gasteiger partial charge in [-0.1, -0.05) is 31.4 Å². The molecule has 1 aromatic carbocycles. The van der Waals surface area contributed by atoms with Crippen LogP contribution in [-0.4, -0.2) is 52.0 Å². The van der Waals surface area contributed by atoms with E-state index in [1.165, 1.54) is 32.1 Å². The van der Waals surface area contributed by atoms with Gasteiger partial charge in [-0.2, -0.15) is 0 Å². The Hall–Kier alpha value is -1.75. The molecule has 1 amide bonds. The Morgan fingerprint density at radius 2 is 1.96 bits per heavy atom. The summed E-state index contributed by atoms with van der Waals surface area (Å²) in [4.78, 5) is 22.2. The lowest BCUT2D eigenvalue weighted by Crippen LogP contribution is -2.48. The van der Waals surface area contributed by atoms with Gasteiger partial charge in [0.1, 0.15) is 0 Å². The molecule has 2 aromatic rings. The average Bonchev–Trinajstić information content (AvgIpc) is 2.96. The van der Waals surface area contributed by atoms with Gasteiger partial charge in [0.2, 0.25) is 5.95 Å². The monoisotopic (exact) mass is 360 g/mol. The van der Waals surface area contributed by atoms with Crippen molar-refractivity contribution in [3.63, 3.8) is 0 Å². The fourth-order valence-electron chi connectivity index (χ4n) is 4.37. The van der Waals surface area contributed by atoms with E-state index in [-0.39, 0.29) is 12.1 Å². The van der Waals surface area contributed by atoms with E-state index in [0.29, 0.717) is 18.5 Å². The molecule has 2 aliphatic rings. The topological polar surface area (TPSA) is 41.4 Å². The van der Waals surface area contributed by atoms with Crippen molar-refractivity contribution in [3.05, 3.63) is 24.3 Å². The standard InChI is InChI=1S/C19H25ClN4O/c1-22-13-15(11-12-20)23(14-7-3-2-4-8-14)18-21-16-9-5-6-10-17(16)24(18)19(22)25/h5-6,9-10,14-15H,2-4,7-8,11-13H2,1H3. The SMILES string of the molecule is CN1CC(CCCl)N(C2CCCCC2)c2nc3ccccc3n2C1=O. The van der Waals surface area contributed by atoms with Crippen LogP contribution in [0.5, 0.6) is 0 Å². The zero-order valence-electron chi connectivity index (χ0n) is 14.7. The number of likely N-dealkylation sites (N-methyl/N-ethyl adjacent to an activating group) is 1. The molecule has 4 rings (SSSR count). The number of anilines is 1. The van der Waals surface area contributed by atoms with Crippen LogP contribution < -0.4 is 4.90 Å². The quantitative estimate of drug-likeness (QED) is 0.774. The fraction of sp³-hybridized carbons (Fsp3) is 0.579. The lowest BCUT2D eigenvalue weighted by molar-refractivity contribution is 0.211. The van der Waals surface area contributed by atoms with Gasteiger partial charge in [-0.3, -0.25) is 0 Å². The van der Waals surface area contributed by atoms with Gasteiger partial charge in [0, 0.05) is 25.5 Å². The molecule has 0 spiro atoms. The van der Waals surface area contributed by atoms with Crippen LogP contribution in [0, 0.1) is 0 Å². The number of nitrogens with zero attached hydrogens (tertiary/aromatic N) is 4. The van der Waals surface area contributed by atoms with Crippen molar-refractivity contribution < 1.29 is 4.79 Å². The van der Waals surface area contributed by atoms with Crippen molar-refractivity contribution in [3.8, 4) is 0 Å². The maximum Gasteiger partial charge on any atom is 0.331 e. The second-order valence-electron chi connectivity index (χ2n) is 7.23. The van der Waals surface area contributed by atoms with Crippen LogP contribution in [0.3, 0.4) is 0 Å². The molecule has 1 aliphatic carbocycles. The lowest BCUT2D eigenvalue weighted by Gasteiger charge is -2.39. The van der Waals surface area contributed by atoms with Gasteiger partial charge in [0.15, 0.2) is 0 Å². The summed E-state index contributed by atoms with van der Waals surface area (Å²) in [6.45, 7) is 0.694. The van der Waals surface area contributed by atoms with Gasteiger partial charge in [-0.25, -0.2) is 14.3 Å². The van der Waals surface area contributed by atoms with E-state index < -0.39 is 0 Å². The number of aromatic nitrogens is 2. The maximum atomic E-state index is 13.1. The number of halogens is 1. The minimum absolute atomic E-state index is 0.00146. The van der Waals surface area contributed by atoms with Crippen molar-refractivity contribution in [1.82, 2.24) is 14.5 Å². The summed E-state index contributed by atoms with van der Waals surface area (Å²) in [5.41, 5.74) is 1.77. The first-order valence-corrected chi connectivity index (χ1v) is 9.81. The van der Waals surface area contributed by atoms with Crippen LogP contribution in [0.2, 0.25) is 0 Å². The van der Waals surface area contributed by atoms with E-state index >= 15 is 0 Å². The number of fused-ring (bicyclic) bond motifs is 3. The molecule has 0 radical (unpaired) electrons. The molecule has 6 heteroatoms. The Morgan fingerprint density at radius 1 is 1.20 bits per heavy atom. The number of para-hydroxylation sites is 2. The average molecular weight is 361 g/mol. The predicted octanol–water partition coefficient (Wildman–Crippen LogP) is 4.09. The zero-order chi connectivity index (χ0) is 17.4. The molecule has 5 nitrogen and oxygen atoms in total. The molecule has 1 aliphatic heterocycles. The molecule has 25 heavy (non-hydrogen) atoms. The van der Waals surface area contributed by atoms with Crippen molar-refractivity contribution in [2.24, 2.45) is 0 Å². The highest BCUT2D eigenvalue weighted by atomic mass is 35.5. The van der Waals surface area contributed by atoms with Crippen molar-refractivity contribution in [2.75, 3.05) is 24.4 Å². The van der Waals surface area contributed by atoms with Gasteiger partial charge in [-0.05, 0) is 31.4 Å². The highest BCUT2D eigenvalue weighted by Gasteiger charge is 2.37. The number of amides is 1. The number of imidazole rings is 1. The molecule has 0 bridgehead atoms. The van der Waals surface area contributed by atoms with Crippen LogP contribution in [0.25, 0.3) is 11.0 Å². The number of alkyl halides is 1. The molecular formula is C19H25ClN4O. The number of benzene rings is 1. The normalized spacial score (nSPS) is 22.3. The van der Waals surface area contributed by atoms with Crippen LogP contribution in [0.1, 0.15) is 38.5 Å². The molecule has 1 aromatic heterocycles. The molecule has 0 N–H and O–H groups in total. The number of carbonyl (C=O) groups excluding carboxylic acids is 1. The third-order valence-corrected chi connectivity index (χ3v) is 5.80. The maximum absolute atomic E-state index is 13.1.